The van der Waals surface area contributed by atoms with Crippen LogP contribution < -0.4 is 15.2 Å². The number of benzene rings is 1. The molecule has 0 spiro atoms. The molecule has 0 radical (unpaired) electrons. The smallest absolute Gasteiger partial charge is 0.307 e. The summed E-state index contributed by atoms with van der Waals surface area (Å²) in [7, 11) is 3.13. The minimum absolute atomic E-state index is 0.0868. The fraction of sp³-hybridized carbons (Fsp3) is 0.500. The van der Waals surface area contributed by atoms with E-state index in [2.05, 4.69) is 0 Å². The summed E-state index contributed by atoms with van der Waals surface area (Å²) in [4.78, 5) is 11.6. The fourth-order valence-corrected chi connectivity index (χ4v) is 1.88. The highest BCUT2D eigenvalue weighted by atomic mass is 16.5. The van der Waals surface area contributed by atoms with E-state index in [1.807, 2.05) is 0 Å². The van der Waals surface area contributed by atoms with Gasteiger partial charge in [0, 0.05) is 11.6 Å². The van der Waals surface area contributed by atoms with Crippen molar-refractivity contribution in [1.82, 2.24) is 0 Å². The summed E-state index contributed by atoms with van der Waals surface area (Å²) in [6.45, 7) is 3.88. The number of rotatable bonds is 6. The third-order valence-corrected chi connectivity index (χ3v) is 2.84. The second-order valence-electron chi connectivity index (χ2n) is 4.47. The molecule has 1 atom stereocenters. The summed E-state index contributed by atoms with van der Waals surface area (Å²) < 4.78 is 15.4. The maximum absolute atomic E-state index is 11.6. The van der Waals surface area contributed by atoms with Crippen LogP contribution in [0.4, 0.5) is 0 Å². The minimum Gasteiger partial charge on any atom is -0.497 e. The zero-order valence-electron chi connectivity index (χ0n) is 11.9. The summed E-state index contributed by atoms with van der Waals surface area (Å²) in [6.07, 6.45) is 0.0868. The van der Waals surface area contributed by atoms with Gasteiger partial charge in [0.25, 0.3) is 0 Å². The summed E-state index contributed by atoms with van der Waals surface area (Å²) >= 11 is 0. The van der Waals surface area contributed by atoms with Gasteiger partial charge < -0.3 is 19.9 Å². The molecule has 0 aliphatic heterocycles. The molecule has 0 saturated heterocycles. The van der Waals surface area contributed by atoms with Crippen molar-refractivity contribution in [2.45, 2.75) is 25.8 Å². The first kappa shape index (κ1) is 15.3. The maximum Gasteiger partial charge on any atom is 0.307 e. The SMILES string of the molecule is CCOC(=O)CC(C)(N)c1ccc(OC)cc1OC. The molecule has 0 aliphatic rings. The van der Waals surface area contributed by atoms with Gasteiger partial charge in [0.2, 0.25) is 0 Å². The normalized spacial score (nSPS) is 13.5. The van der Waals surface area contributed by atoms with Gasteiger partial charge in [-0.2, -0.15) is 0 Å². The predicted octanol–water partition coefficient (Wildman–Crippen LogP) is 1.83. The second kappa shape index (κ2) is 6.43. The highest BCUT2D eigenvalue weighted by molar-refractivity contribution is 5.71. The van der Waals surface area contributed by atoms with Crippen LogP contribution in [-0.2, 0) is 15.1 Å². The lowest BCUT2D eigenvalue weighted by Gasteiger charge is -2.26. The Kier molecular flexibility index (Phi) is 5.18. The number of carbonyl (C=O) groups excluding carboxylic acids is 1. The first-order valence-electron chi connectivity index (χ1n) is 6.11. The Morgan fingerprint density at radius 2 is 2.00 bits per heavy atom. The van der Waals surface area contributed by atoms with Crippen molar-refractivity contribution >= 4 is 5.97 Å². The van der Waals surface area contributed by atoms with Crippen LogP contribution in [0.1, 0.15) is 25.8 Å². The predicted molar refractivity (Wildman–Crippen MR) is 72.3 cm³/mol. The van der Waals surface area contributed by atoms with E-state index in [1.54, 1.807) is 46.3 Å². The zero-order valence-corrected chi connectivity index (χ0v) is 11.9. The van der Waals surface area contributed by atoms with Gasteiger partial charge in [0.1, 0.15) is 11.5 Å². The minimum atomic E-state index is -0.857. The van der Waals surface area contributed by atoms with Gasteiger partial charge in [0.05, 0.1) is 32.8 Å². The zero-order chi connectivity index (χ0) is 14.5. The Morgan fingerprint density at radius 1 is 1.32 bits per heavy atom. The van der Waals surface area contributed by atoms with E-state index in [4.69, 9.17) is 19.9 Å². The van der Waals surface area contributed by atoms with Crippen molar-refractivity contribution in [3.63, 3.8) is 0 Å². The molecule has 0 bridgehead atoms. The lowest BCUT2D eigenvalue weighted by Crippen LogP contribution is -2.36. The Balaban J connectivity index is 3.02. The first-order chi connectivity index (χ1) is 8.94. The molecule has 1 unspecified atom stereocenters. The molecule has 5 heteroatoms. The molecule has 2 N–H and O–H groups in total. The topological polar surface area (TPSA) is 70.8 Å². The van der Waals surface area contributed by atoms with Gasteiger partial charge in [-0.3, -0.25) is 4.79 Å². The van der Waals surface area contributed by atoms with Gasteiger partial charge in [-0.1, -0.05) is 0 Å². The van der Waals surface area contributed by atoms with E-state index in [9.17, 15) is 4.79 Å². The van der Waals surface area contributed by atoms with Crippen LogP contribution in [0.3, 0.4) is 0 Å². The number of esters is 1. The molecule has 106 valence electrons. The van der Waals surface area contributed by atoms with E-state index >= 15 is 0 Å². The number of methoxy groups -OCH3 is 2. The van der Waals surface area contributed by atoms with Crippen molar-refractivity contribution in [3.05, 3.63) is 23.8 Å². The van der Waals surface area contributed by atoms with E-state index in [1.165, 1.54) is 0 Å². The second-order valence-corrected chi connectivity index (χ2v) is 4.47. The Morgan fingerprint density at radius 3 is 2.53 bits per heavy atom. The molecule has 1 aromatic carbocycles. The van der Waals surface area contributed by atoms with E-state index in [0.717, 1.165) is 5.56 Å². The van der Waals surface area contributed by atoms with Crippen LogP contribution in [0.5, 0.6) is 11.5 Å². The molecule has 5 nitrogen and oxygen atoms in total. The summed E-state index contributed by atoms with van der Waals surface area (Å²) in [5.41, 5.74) is 6.10. The van der Waals surface area contributed by atoms with Crippen LogP contribution in [0.25, 0.3) is 0 Å². The summed E-state index contributed by atoms with van der Waals surface area (Å²) in [6, 6.07) is 5.33. The highest BCUT2D eigenvalue weighted by Crippen LogP contribution is 2.33. The molecular weight excluding hydrogens is 246 g/mol. The fourth-order valence-electron chi connectivity index (χ4n) is 1.88. The Labute approximate surface area is 113 Å². The largest absolute Gasteiger partial charge is 0.497 e. The third kappa shape index (κ3) is 3.86. The van der Waals surface area contributed by atoms with E-state index in [0.29, 0.717) is 18.1 Å². The third-order valence-electron chi connectivity index (χ3n) is 2.84. The van der Waals surface area contributed by atoms with Crippen LogP contribution >= 0.6 is 0 Å². The van der Waals surface area contributed by atoms with Gasteiger partial charge in [0.15, 0.2) is 0 Å². The standard InChI is InChI=1S/C14H21NO4/c1-5-19-13(16)9-14(2,15)11-7-6-10(17-3)8-12(11)18-4/h6-8H,5,9,15H2,1-4H3. The summed E-state index contributed by atoms with van der Waals surface area (Å²) in [5.74, 6) is 0.937. The summed E-state index contributed by atoms with van der Waals surface area (Å²) in [5, 5.41) is 0. The number of hydrogen-bond donors (Lipinski definition) is 1. The molecule has 0 heterocycles. The Hall–Kier alpha value is -1.75. The number of hydrogen-bond acceptors (Lipinski definition) is 5. The average Bonchev–Trinajstić information content (AvgIpc) is 2.37. The van der Waals surface area contributed by atoms with E-state index < -0.39 is 5.54 Å². The van der Waals surface area contributed by atoms with E-state index in [-0.39, 0.29) is 12.4 Å². The average molecular weight is 267 g/mol. The lowest BCUT2D eigenvalue weighted by atomic mass is 9.89. The van der Waals surface area contributed by atoms with Gasteiger partial charge in [-0.15, -0.1) is 0 Å². The van der Waals surface area contributed by atoms with Gasteiger partial charge in [-0.05, 0) is 26.0 Å². The van der Waals surface area contributed by atoms with Gasteiger partial charge >= 0.3 is 5.97 Å². The number of carbonyl (C=O) groups is 1. The molecule has 19 heavy (non-hydrogen) atoms. The van der Waals surface area contributed by atoms with Crippen molar-refractivity contribution in [2.75, 3.05) is 20.8 Å². The molecule has 0 aliphatic carbocycles. The number of ether oxygens (including phenoxy) is 3. The van der Waals surface area contributed by atoms with Crippen molar-refractivity contribution in [1.29, 1.82) is 0 Å². The molecule has 1 aromatic rings. The molecular formula is C14H21NO4. The van der Waals surface area contributed by atoms with Crippen LogP contribution in [0.2, 0.25) is 0 Å². The maximum atomic E-state index is 11.6. The van der Waals surface area contributed by atoms with Crippen molar-refractivity contribution in [3.8, 4) is 11.5 Å². The molecule has 0 amide bonds. The van der Waals surface area contributed by atoms with Crippen molar-refractivity contribution in [2.24, 2.45) is 5.73 Å². The first-order valence-corrected chi connectivity index (χ1v) is 6.11. The highest BCUT2D eigenvalue weighted by Gasteiger charge is 2.29. The van der Waals surface area contributed by atoms with Crippen molar-refractivity contribution < 1.29 is 19.0 Å². The quantitative estimate of drug-likeness (QED) is 0.796. The number of nitrogens with two attached hydrogens (primary N) is 1. The van der Waals surface area contributed by atoms with Crippen LogP contribution in [0, 0.1) is 0 Å². The molecule has 0 saturated carbocycles. The van der Waals surface area contributed by atoms with Crippen LogP contribution in [0.15, 0.2) is 18.2 Å². The molecule has 1 rings (SSSR count). The molecule has 0 fully saturated rings. The monoisotopic (exact) mass is 267 g/mol. The Bertz CT molecular complexity index is 443. The van der Waals surface area contributed by atoms with Crippen LogP contribution in [-0.4, -0.2) is 26.8 Å². The van der Waals surface area contributed by atoms with Gasteiger partial charge in [-0.25, -0.2) is 0 Å². The lowest BCUT2D eigenvalue weighted by molar-refractivity contribution is -0.144. The molecule has 0 aromatic heterocycles.